The summed E-state index contributed by atoms with van der Waals surface area (Å²) in [7, 11) is -6.54. The van der Waals surface area contributed by atoms with Crippen molar-refractivity contribution in [3.63, 3.8) is 0 Å². The number of amidine groups is 2. The molecule has 0 fully saturated rings. The molecule has 0 aliphatic rings. The van der Waals surface area contributed by atoms with Crippen LogP contribution in [0.5, 0.6) is 11.5 Å². The smallest absolute Gasteiger partial charge is 0.413 e. The maximum atomic E-state index is 11.2. The molecule has 1 amide bonds. The third-order valence-corrected chi connectivity index (χ3v) is 9.59. The lowest BCUT2D eigenvalue weighted by Gasteiger charge is -2.08. The SMILES string of the molecule is COC(=O)Nc1nc2ccc(Sc3ccccc3)cc2[nH]1.N=C(N)c1ccc(OCCCCCOc2ccc(C(=N)N)cc2)cc1.O=S(=O)(O)CCO.O=S(=O)(O)CCO. The van der Waals surface area contributed by atoms with Gasteiger partial charge in [-0.1, -0.05) is 30.0 Å². The van der Waals surface area contributed by atoms with Crippen molar-refractivity contribution in [3.05, 3.63) is 108 Å². The van der Waals surface area contributed by atoms with Crippen molar-refractivity contribution in [3.8, 4) is 11.5 Å². The van der Waals surface area contributed by atoms with E-state index < -0.39 is 51.0 Å². The highest BCUT2D eigenvalue weighted by atomic mass is 32.2. The summed E-state index contributed by atoms with van der Waals surface area (Å²) in [5, 5.41) is 32.9. The number of nitrogen functional groups attached to an aromatic ring is 2. The number of H-pyrrole nitrogens is 1. The molecule has 0 saturated heterocycles. The largest absolute Gasteiger partial charge is 0.494 e. The van der Waals surface area contributed by atoms with Gasteiger partial charge in [-0.2, -0.15) is 16.8 Å². The number of benzene rings is 4. The molecule has 22 heteroatoms. The molecule has 0 aliphatic heterocycles. The number of hydrogen-bond donors (Lipinski definition) is 10. The van der Waals surface area contributed by atoms with Gasteiger partial charge in [0.2, 0.25) is 5.95 Å². The Balaban J connectivity index is 0.000000317. The normalized spacial score (nSPS) is 10.7. The van der Waals surface area contributed by atoms with E-state index in [2.05, 4.69) is 32.2 Å². The number of rotatable bonds is 17. The van der Waals surface area contributed by atoms with Gasteiger partial charge >= 0.3 is 6.09 Å². The van der Waals surface area contributed by atoms with Gasteiger partial charge < -0.3 is 40.9 Å². The first kappa shape index (κ1) is 50.4. The topological polar surface area (TPSA) is 334 Å². The molecule has 0 spiro atoms. The van der Waals surface area contributed by atoms with Gasteiger partial charge in [0.25, 0.3) is 20.2 Å². The molecule has 1 aromatic heterocycles. The van der Waals surface area contributed by atoms with E-state index in [4.69, 9.17) is 51.1 Å². The molecule has 12 N–H and O–H groups in total. The molecule has 0 aliphatic carbocycles. The van der Waals surface area contributed by atoms with E-state index in [0.717, 1.165) is 46.7 Å². The minimum absolute atomic E-state index is 0.0579. The Kier molecular flexibility index (Phi) is 22.1. The molecule has 19 nitrogen and oxygen atoms in total. The van der Waals surface area contributed by atoms with Crippen LogP contribution in [0.2, 0.25) is 0 Å². The fourth-order valence-electron chi connectivity index (χ4n) is 4.34. The fourth-order valence-corrected chi connectivity index (χ4v) is 5.68. The quantitative estimate of drug-likeness (QED) is 0.0266. The summed E-state index contributed by atoms with van der Waals surface area (Å²) in [5.41, 5.74) is 13.9. The number of nitrogens with zero attached hydrogens (tertiary/aromatic N) is 1. The van der Waals surface area contributed by atoms with Crippen LogP contribution in [0.3, 0.4) is 0 Å². The number of hydrogen-bond acceptors (Lipinski definition) is 14. The van der Waals surface area contributed by atoms with Gasteiger partial charge in [-0.05, 0) is 98.1 Å². The second-order valence-corrected chi connectivity index (χ2v) is 16.2. The number of nitrogens with one attached hydrogen (secondary N) is 4. The Morgan fingerprint density at radius 1 is 0.733 bits per heavy atom. The number of imidazole rings is 1. The summed E-state index contributed by atoms with van der Waals surface area (Å²) in [4.78, 5) is 20.8. The van der Waals surface area contributed by atoms with Crippen LogP contribution in [0.15, 0.2) is 107 Å². The Labute approximate surface area is 352 Å². The van der Waals surface area contributed by atoms with Gasteiger partial charge in [-0.25, -0.2) is 9.78 Å². The van der Waals surface area contributed by atoms with E-state index >= 15 is 0 Å². The van der Waals surface area contributed by atoms with Gasteiger partial charge in [0.15, 0.2) is 0 Å². The second-order valence-electron chi connectivity index (χ2n) is 11.9. The Morgan fingerprint density at radius 3 is 1.62 bits per heavy atom. The molecule has 0 atom stereocenters. The number of aliphatic hydroxyl groups excluding tert-OH is 2. The summed E-state index contributed by atoms with van der Waals surface area (Å²) in [6.45, 7) is 0.233. The second kappa shape index (κ2) is 26.4. The van der Waals surface area contributed by atoms with Crippen molar-refractivity contribution in [2.24, 2.45) is 11.5 Å². The van der Waals surface area contributed by atoms with Crippen LogP contribution >= 0.6 is 11.8 Å². The van der Waals surface area contributed by atoms with Crippen LogP contribution in [0.1, 0.15) is 30.4 Å². The van der Waals surface area contributed by atoms with Crippen LogP contribution < -0.4 is 26.3 Å². The molecular weight excluding hydrogens is 843 g/mol. The molecule has 0 saturated carbocycles. The third-order valence-electron chi connectivity index (χ3n) is 7.19. The number of aromatic amines is 1. The zero-order chi connectivity index (χ0) is 44.6. The lowest BCUT2D eigenvalue weighted by Crippen LogP contribution is -2.11. The molecule has 5 rings (SSSR count). The average molecular weight is 892 g/mol. The van der Waals surface area contributed by atoms with Gasteiger partial charge in [-0.15, -0.1) is 0 Å². The summed E-state index contributed by atoms with van der Waals surface area (Å²) in [5.74, 6) is 0.905. The zero-order valence-electron chi connectivity index (χ0n) is 32.5. The number of aliphatic hydroxyl groups is 2. The minimum Gasteiger partial charge on any atom is -0.494 e. The van der Waals surface area contributed by atoms with Crippen LogP contribution in [-0.2, 0) is 25.0 Å². The number of amides is 1. The highest BCUT2D eigenvalue weighted by Crippen LogP contribution is 2.29. The molecule has 326 valence electrons. The summed E-state index contributed by atoms with van der Waals surface area (Å²) in [6, 6.07) is 30.5. The Bertz CT molecular complexity index is 2200. The Hall–Kier alpha value is -5.75. The predicted octanol–water partition coefficient (Wildman–Crippen LogP) is 4.51. The molecule has 0 bridgehead atoms. The number of anilines is 1. The predicted molar refractivity (Wildman–Crippen MR) is 229 cm³/mol. The summed E-state index contributed by atoms with van der Waals surface area (Å²) < 4.78 is 70.0. The number of aromatic nitrogens is 2. The van der Waals surface area contributed by atoms with E-state index in [1.54, 1.807) is 36.0 Å². The first-order chi connectivity index (χ1) is 28.4. The van der Waals surface area contributed by atoms with E-state index in [1.807, 2.05) is 60.7 Å². The number of ether oxygens (including phenoxy) is 3. The summed E-state index contributed by atoms with van der Waals surface area (Å²) in [6.07, 6.45) is 2.35. The number of carbonyl (C=O) groups is 1. The standard InChI is InChI=1S/C19H24N4O2.C15H13N3O2S.2C2H6O4S/c20-18(21)14-4-8-16(9-5-14)24-12-2-1-3-13-25-17-10-6-15(7-11-17)19(22)23;1-20-15(19)18-14-16-12-8-7-11(9-13(12)17-14)21-10-5-3-2-4-6-10;2*3-1-2-7(4,5)6/h4-11H,1-3,12-13H2,(H3,20,21)(H3,22,23);2-9H,1H3,(H2,16,17,18,19);2*3H,1-2H2,(H,4,5,6). The number of nitrogens with two attached hydrogens (primary N) is 2. The number of methoxy groups -OCH3 is 1. The van der Waals surface area contributed by atoms with E-state index in [9.17, 15) is 21.6 Å². The van der Waals surface area contributed by atoms with Crippen LogP contribution in [0.25, 0.3) is 11.0 Å². The number of carbonyl (C=O) groups excluding carboxylic acids is 1. The van der Waals surface area contributed by atoms with E-state index in [-0.39, 0.29) is 11.7 Å². The first-order valence-corrected chi connectivity index (χ1v) is 21.8. The molecule has 1 heterocycles. The molecule has 5 aromatic rings. The highest BCUT2D eigenvalue weighted by molar-refractivity contribution is 7.99. The summed E-state index contributed by atoms with van der Waals surface area (Å²) >= 11 is 1.67. The van der Waals surface area contributed by atoms with Crippen molar-refractivity contribution in [2.75, 3.05) is 50.4 Å². The van der Waals surface area contributed by atoms with Crippen molar-refractivity contribution < 1.29 is 55.2 Å². The zero-order valence-corrected chi connectivity index (χ0v) is 34.9. The van der Waals surface area contributed by atoms with Crippen LogP contribution in [0.4, 0.5) is 10.7 Å². The lowest BCUT2D eigenvalue weighted by molar-refractivity contribution is 0.186. The number of unbranched alkanes of at least 4 members (excludes halogenated alkanes) is 2. The third kappa shape index (κ3) is 21.9. The first-order valence-electron chi connectivity index (χ1n) is 17.8. The molecule has 0 unspecified atom stereocenters. The van der Waals surface area contributed by atoms with E-state index in [1.165, 1.54) is 12.0 Å². The molecule has 0 radical (unpaired) electrons. The molecule has 4 aromatic carbocycles. The van der Waals surface area contributed by atoms with Gasteiger partial charge in [0.1, 0.15) is 23.2 Å². The Morgan fingerprint density at radius 2 is 1.22 bits per heavy atom. The van der Waals surface area contributed by atoms with Gasteiger partial charge in [0, 0.05) is 20.9 Å². The van der Waals surface area contributed by atoms with Crippen molar-refractivity contribution >= 4 is 66.7 Å². The van der Waals surface area contributed by atoms with Crippen LogP contribution in [-0.4, -0.2) is 109 Å². The molecule has 60 heavy (non-hydrogen) atoms. The maximum Gasteiger partial charge on any atom is 0.413 e. The van der Waals surface area contributed by atoms with Crippen molar-refractivity contribution in [2.45, 2.75) is 29.1 Å². The van der Waals surface area contributed by atoms with Crippen molar-refractivity contribution in [1.82, 2.24) is 9.97 Å². The maximum absolute atomic E-state index is 11.2. The fraction of sp³-hybridized carbons (Fsp3) is 0.263. The van der Waals surface area contributed by atoms with Gasteiger partial charge in [0.05, 0.1) is 56.1 Å². The molecular formula is C38H49N7O12S3. The highest BCUT2D eigenvalue weighted by Gasteiger charge is 2.08. The van der Waals surface area contributed by atoms with Gasteiger partial charge in [-0.3, -0.25) is 25.2 Å². The van der Waals surface area contributed by atoms with Crippen LogP contribution in [0, 0.1) is 10.8 Å². The average Bonchev–Trinajstić information content (AvgIpc) is 3.59. The number of fused-ring (bicyclic) bond motifs is 1. The van der Waals surface area contributed by atoms with E-state index in [0.29, 0.717) is 30.3 Å². The minimum atomic E-state index is -3.92. The monoisotopic (exact) mass is 891 g/mol. The lowest BCUT2D eigenvalue weighted by atomic mass is 10.2. The van der Waals surface area contributed by atoms with Crippen molar-refractivity contribution in [1.29, 1.82) is 10.8 Å².